The van der Waals surface area contributed by atoms with Gasteiger partial charge in [0, 0.05) is 5.56 Å². The molecule has 0 fully saturated rings. The highest BCUT2D eigenvalue weighted by molar-refractivity contribution is 7.69. The molecule has 2 rings (SSSR count). The molecule has 0 atom stereocenters. The molecule has 0 aliphatic rings. The van der Waals surface area contributed by atoms with E-state index in [0.717, 1.165) is 0 Å². The number of pyridine rings is 1. The Labute approximate surface area is 188 Å². The maximum absolute atomic E-state index is 12.8. The Morgan fingerprint density at radius 1 is 1.07 bits per heavy atom. The quantitative estimate of drug-likeness (QED) is 0.410. The summed E-state index contributed by atoms with van der Waals surface area (Å²) in [5.41, 5.74) is 1.85. The third-order valence-corrected chi connectivity index (χ3v) is 7.47. The minimum Gasteiger partial charge on any atom is -0.465 e. The van der Waals surface area contributed by atoms with Crippen molar-refractivity contribution >= 4 is 42.4 Å². The number of carbonyl (C=O) groups excluding carboxylic acids is 1. The number of aromatic nitrogens is 1. The van der Waals surface area contributed by atoms with Crippen LogP contribution in [-0.4, -0.2) is 35.2 Å². The molecule has 30 heavy (non-hydrogen) atoms. The monoisotopic (exact) mass is 474 g/mol. The molecule has 0 amide bonds. The number of hydrogen-bond acceptors (Lipinski definition) is 6. The summed E-state index contributed by atoms with van der Waals surface area (Å²) in [6, 6.07) is 5.07. The van der Waals surface area contributed by atoms with Gasteiger partial charge in [-0.05, 0) is 47.6 Å². The van der Waals surface area contributed by atoms with E-state index < -0.39 is 13.9 Å². The molecule has 2 aromatic rings. The summed E-state index contributed by atoms with van der Waals surface area (Å²) in [7, 11) is -2.40. The second-order valence-corrected chi connectivity index (χ2v) is 10.00. The molecule has 1 aromatic carbocycles. The number of ether oxygens (including phenoxy) is 1. The third-order valence-electron chi connectivity index (χ3n) is 4.13. The Bertz CT molecular complexity index is 939. The van der Waals surface area contributed by atoms with Gasteiger partial charge in [-0.25, -0.2) is 4.79 Å². The van der Waals surface area contributed by atoms with Gasteiger partial charge in [-0.1, -0.05) is 35.3 Å². The van der Waals surface area contributed by atoms with Crippen LogP contribution < -0.4 is 5.30 Å². The van der Waals surface area contributed by atoms with E-state index in [0.29, 0.717) is 27.5 Å². The zero-order chi connectivity index (χ0) is 22.8. The normalized spacial score (nSPS) is 12.0. The highest BCUT2D eigenvalue weighted by atomic mass is 35.5. The average Bonchev–Trinajstić information content (AvgIpc) is 2.61. The summed E-state index contributed by atoms with van der Waals surface area (Å²) in [5.74, 6) is -0.618. The van der Waals surface area contributed by atoms with E-state index in [9.17, 15) is 9.69 Å². The van der Waals surface area contributed by atoms with Crippen molar-refractivity contribution < 1.29 is 23.5 Å². The topological polar surface area (TPSA) is 77.9 Å². The van der Waals surface area contributed by atoms with Gasteiger partial charge in [0.05, 0.1) is 39.7 Å². The van der Waals surface area contributed by atoms with Crippen LogP contribution in [0.3, 0.4) is 0 Å². The Morgan fingerprint density at radius 2 is 1.63 bits per heavy atom. The maximum Gasteiger partial charge on any atom is 0.449 e. The predicted octanol–water partition coefficient (Wildman–Crippen LogP) is 5.69. The van der Waals surface area contributed by atoms with Crippen LogP contribution in [0.5, 0.6) is 0 Å². The molecular weight excluding hydrogens is 448 g/mol. The first-order valence-electron chi connectivity index (χ1n) is 9.46. The molecule has 0 spiro atoms. The summed E-state index contributed by atoms with van der Waals surface area (Å²) < 4.78 is 16.9. The SMILES string of the molecule is COC(=O)c1c(C)nc(C)c([P+](O)(OC(C)C)OC(C)C)c1-c1cccc(Cl)c1Cl. The zero-order valence-electron chi connectivity index (χ0n) is 18.1. The molecular formula is C21H27Cl2NO5P+. The molecule has 0 saturated heterocycles. The van der Waals surface area contributed by atoms with Gasteiger partial charge in [0.15, 0.2) is 0 Å². The fraction of sp³-hybridized carbons (Fsp3) is 0.429. The van der Waals surface area contributed by atoms with Gasteiger partial charge in [-0.15, -0.1) is 0 Å². The lowest BCUT2D eigenvalue weighted by Gasteiger charge is -2.25. The van der Waals surface area contributed by atoms with E-state index in [1.165, 1.54) is 7.11 Å². The van der Waals surface area contributed by atoms with E-state index in [2.05, 4.69) is 4.98 Å². The number of esters is 1. The summed E-state index contributed by atoms with van der Waals surface area (Å²) >= 11 is 12.8. The number of methoxy groups -OCH3 is 1. The Morgan fingerprint density at radius 3 is 2.13 bits per heavy atom. The lowest BCUT2D eigenvalue weighted by Crippen LogP contribution is -2.29. The van der Waals surface area contributed by atoms with Gasteiger partial charge in [-0.2, -0.15) is 13.9 Å². The summed E-state index contributed by atoms with van der Waals surface area (Å²) in [4.78, 5) is 28.9. The van der Waals surface area contributed by atoms with E-state index in [1.54, 1.807) is 59.7 Å². The van der Waals surface area contributed by atoms with Crippen LogP contribution in [0.4, 0.5) is 0 Å². The molecule has 0 aliphatic heterocycles. The van der Waals surface area contributed by atoms with Crippen molar-refractivity contribution in [3.8, 4) is 11.1 Å². The van der Waals surface area contributed by atoms with Crippen LogP contribution in [0.1, 0.15) is 49.4 Å². The zero-order valence-corrected chi connectivity index (χ0v) is 20.5. The summed E-state index contributed by atoms with van der Waals surface area (Å²) in [5, 5.41) is 0.816. The Kier molecular flexibility index (Phi) is 8.25. The number of aryl methyl sites for hydroxylation is 2. The second-order valence-electron chi connectivity index (χ2n) is 7.30. The fourth-order valence-corrected chi connectivity index (χ4v) is 5.97. The van der Waals surface area contributed by atoms with E-state index in [1.807, 2.05) is 0 Å². The van der Waals surface area contributed by atoms with Crippen LogP contribution in [-0.2, 0) is 13.8 Å². The summed E-state index contributed by atoms with van der Waals surface area (Å²) in [6.45, 7) is 10.6. The Hall–Kier alpha value is -1.27. The van der Waals surface area contributed by atoms with Crippen molar-refractivity contribution in [3.05, 3.63) is 45.2 Å². The predicted molar refractivity (Wildman–Crippen MR) is 122 cm³/mol. The average molecular weight is 475 g/mol. The lowest BCUT2D eigenvalue weighted by molar-refractivity contribution is 0.0600. The number of carbonyl (C=O) groups is 1. The van der Waals surface area contributed by atoms with E-state index >= 15 is 0 Å². The van der Waals surface area contributed by atoms with Crippen LogP contribution in [0.25, 0.3) is 11.1 Å². The number of benzene rings is 1. The highest BCUT2D eigenvalue weighted by Gasteiger charge is 2.52. The number of halogens is 2. The van der Waals surface area contributed by atoms with Crippen LogP contribution in [0.2, 0.25) is 10.0 Å². The maximum atomic E-state index is 12.8. The first-order chi connectivity index (χ1) is 13.9. The second kappa shape index (κ2) is 9.90. The first kappa shape index (κ1) is 25.0. The van der Waals surface area contributed by atoms with Gasteiger partial charge >= 0.3 is 13.9 Å². The molecule has 6 nitrogen and oxygen atoms in total. The van der Waals surface area contributed by atoms with Gasteiger partial charge in [-0.3, -0.25) is 4.98 Å². The van der Waals surface area contributed by atoms with Crippen molar-refractivity contribution in [2.75, 3.05) is 7.11 Å². The number of hydrogen-bond donors (Lipinski definition) is 1. The molecule has 1 aromatic heterocycles. The molecule has 9 heteroatoms. The first-order valence-corrected chi connectivity index (χ1v) is 11.8. The molecule has 0 aliphatic carbocycles. The van der Waals surface area contributed by atoms with Crippen molar-refractivity contribution in [2.24, 2.45) is 0 Å². The van der Waals surface area contributed by atoms with Crippen molar-refractivity contribution in [2.45, 2.75) is 53.8 Å². The van der Waals surface area contributed by atoms with E-state index in [-0.39, 0.29) is 28.1 Å². The van der Waals surface area contributed by atoms with Crippen molar-refractivity contribution in [1.82, 2.24) is 4.98 Å². The molecule has 0 radical (unpaired) electrons. The Balaban J connectivity index is 3.05. The van der Waals surface area contributed by atoms with Crippen LogP contribution >= 0.6 is 31.1 Å². The largest absolute Gasteiger partial charge is 0.465 e. The molecule has 164 valence electrons. The van der Waals surface area contributed by atoms with Gasteiger partial charge in [0.1, 0.15) is 12.2 Å². The molecule has 1 heterocycles. The highest BCUT2D eigenvalue weighted by Crippen LogP contribution is 2.60. The molecule has 1 N–H and O–H groups in total. The van der Waals surface area contributed by atoms with Crippen LogP contribution in [0.15, 0.2) is 18.2 Å². The third kappa shape index (κ3) is 5.13. The molecule has 0 bridgehead atoms. The summed E-state index contributed by atoms with van der Waals surface area (Å²) in [6.07, 6.45) is -0.709. The molecule has 0 saturated carbocycles. The minimum absolute atomic E-state index is 0.167. The van der Waals surface area contributed by atoms with Crippen molar-refractivity contribution in [3.63, 3.8) is 0 Å². The lowest BCUT2D eigenvalue weighted by atomic mass is 9.98. The smallest absolute Gasteiger partial charge is 0.449 e. The number of nitrogens with zero attached hydrogens (tertiary/aromatic N) is 1. The van der Waals surface area contributed by atoms with E-state index in [4.69, 9.17) is 37.0 Å². The van der Waals surface area contributed by atoms with Gasteiger partial charge in [0.2, 0.25) is 5.30 Å². The minimum atomic E-state index is -3.68. The van der Waals surface area contributed by atoms with Crippen LogP contribution in [0, 0.1) is 13.8 Å². The standard InChI is InChI=1S/C21H27Cl2NO5P/c1-11(2)28-30(26,29-12(3)4)20-14(6)24-13(5)17(21(25)27-7)18(20)15-9-8-10-16(22)19(15)23/h8-12,26H,1-7H3/q+1. The van der Waals surface area contributed by atoms with Gasteiger partial charge < -0.3 is 4.74 Å². The number of rotatable bonds is 7. The fourth-order valence-electron chi connectivity index (χ4n) is 3.20. The van der Waals surface area contributed by atoms with Gasteiger partial charge in [0.25, 0.3) is 0 Å². The molecule has 0 unspecified atom stereocenters. The van der Waals surface area contributed by atoms with Crippen molar-refractivity contribution in [1.29, 1.82) is 0 Å².